The van der Waals surface area contributed by atoms with Gasteiger partial charge in [-0.15, -0.1) is 0 Å². The van der Waals surface area contributed by atoms with Gasteiger partial charge in [-0.1, -0.05) is 35.4 Å². The van der Waals surface area contributed by atoms with Gasteiger partial charge in [-0.05, 0) is 49.5 Å². The van der Waals surface area contributed by atoms with E-state index in [0.29, 0.717) is 16.1 Å². The van der Waals surface area contributed by atoms with Crippen LogP contribution in [0.2, 0.25) is 5.02 Å². The van der Waals surface area contributed by atoms with Crippen LogP contribution in [0.5, 0.6) is 0 Å². The third-order valence-electron chi connectivity index (χ3n) is 2.88. The molecule has 3 N–H and O–H groups in total. The number of carbonyl (C=O) groups is 2. The molecule has 2 aromatic carbocycles. The molecule has 0 aliphatic carbocycles. The zero-order chi connectivity index (χ0) is 16.8. The molecule has 2 rings (SSSR count). The first-order chi connectivity index (χ1) is 11.0. The highest BCUT2D eigenvalue weighted by Crippen LogP contribution is 2.10. The molecule has 2 aromatic rings. The Balaban J connectivity index is 1.88. The van der Waals surface area contributed by atoms with Crippen LogP contribution in [0.1, 0.15) is 26.3 Å². The Labute approximate surface area is 144 Å². The van der Waals surface area contributed by atoms with E-state index < -0.39 is 5.91 Å². The quantitative estimate of drug-likeness (QED) is 0.577. The van der Waals surface area contributed by atoms with Gasteiger partial charge in [0.2, 0.25) is 0 Å². The van der Waals surface area contributed by atoms with Crippen molar-refractivity contribution in [2.24, 2.45) is 0 Å². The average Bonchev–Trinajstić information content (AvgIpc) is 2.52. The van der Waals surface area contributed by atoms with E-state index in [9.17, 15) is 9.59 Å². The van der Waals surface area contributed by atoms with E-state index in [4.69, 9.17) is 23.8 Å². The minimum absolute atomic E-state index is 0.00751. The molecule has 5 nitrogen and oxygen atoms in total. The molecule has 23 heavy (non-hydrogen) atoms. The fourth-order valence-electron chi connectivity index (χ4n) is 1.81. The topological polar surface area (TPSA) is 70.2 Å². The van der Waals surface area contributed by atoms with Gasteiger partial charge < -0.3 is 0 Å². The lowest BCUT2D eigenvalue weighted by atomic mass is 10.1. The largest absolute Gasteiger partial charge is 0.298 e. The highest BCUT2D eigenvalue weighted by molar-refractivity contribution is 7.80. The minimum Gasteiger partial charge on any atom is -0.298 e. The average molecular weight is 348 g/mol. The van der Waals surface area contributed by atoms with Gasteiger partial charge in [-0.25, -0.2) is 0 Å². The molecule has 0 aliphatic heterocycles. The van der Waals surface area contributed by atoms with Crippen LogP contribution in [-0.4, -0.2) is 16.9 Å². The number of amides is 2. The predicted octanol–water partition coefficient (Wildman–Crippen LogP) is 2.60. The Morgan fingerprint density at radius 1 is 0.957 bits per heavy atom. The first-order valence-electron chi connectivity index (χ1n) is 6.69. The fourth-order valence-corrected chi connectivity index (χ4v) is 2.14. The maximum atomic E-state index is 12.0. The summed E-state index contributed by atoms with van der Waals surface area (Å²) >= 11 is 10.8. The highest BCUT2D eigenvalue weighted by Gasteiger charge is 2.09. The van der Waals surface area contributed by atoms with E-state index in [-0.39, 0.29) is 11.0 Å². The van der Waals surface area contributed by atoms with Gasteiger partial charge in [-0.3, -0.25) is 25.8 Å². The van der Waals surface area contributed by atoms with Crippen molar-refractivity contribution in [1.29, 1.82) is 0 Å². The van der Waals surface area contributed by atoms with Crippen molar-refractivity contribution in [3.8, 4) is 0 Å². The summed E-state index contributed by atoms with van der Waals surface area (Å²) in [6.45, 7) is 1.89. The van der Waals surface area contributed by atoms with Crippen LogP contribution in [0.3, 0.4) is 0 Å². The molecule has 0 atom stereocenters. The summed E-state index contributed by atoms with van der Waals surface area (Å²) in [4.78, 5) is 23.9. The molecule has 0 unspecified atom stereocenters. The van der Waals surface area contributed by atoms with Crippen molar-refractivity contribution in [2.75, 3.05) is 0 Å². The van der Waals surface area contributed by atoms with Crippen LogP contribution < -0.4 is 16.2 Å². The number of thiocarbonyl (C=S) groups is 1. The monoisotopic (exact) mass is 347 g/mol. The van der Waals surface area contributed by atoms with E-state index in [1.54, 1.807) is 36.4 Å². The van der Waals surface area contributed by atoms with Gasteiger partial charge in [-0.2, -0.15) is 0 Å². The van der Waals surface area contributed by atoms with Gasteiger partial charge in [0.05, 0.1) is 0 Å². The predicted molar refractivity (Wildman–Crippen MR) is 93.3 cm³/mol. The van der Waals surface area contributed by atoms with Crippen molar-refractivity contribution < 1.29 is 9.59 Å². The lowest BCUT2D eigenvalue weighted by Gasteiger charge is -2.11. The molecular formula is C16H14ClN3O2S. The number of halogens is 1. The maximum Gasteiger partial charge on any atom is 0.269 e. The number of hydrogen-bond acceptors (Lipinski definition) is 3. The van der Waals surface area contributed by atoms with Crippen LogP contribution in [0.4, 0.5) is 0 Å². The summed E-state index contributed by atoms with van der Waals surface area (Å²) in [6, 6.07) is 13.5. The molecular weight excluding hydrogens is 334 g/mol. The second kappa shape index (κ2) is 7.71. The minimum atomic E-state index is -0.417. The fraction of sp³-hybridized carbons (Fsp3) is 0.0625. The number of aryl methyl sites for hydroxylation is 1. The van der Waals surface area contributed by atoms with Crippen molar-refractivity contribution in [2.45, 2.75) is 6.92 Å². The van der Waals surface area contributed by atoms with E-state index in [1.165, 1.54) is 6.07 Å². The Hall–Kier alpha value is -2.44. The Kier molecular flexibility index (Phi) is 5.67. The van der Waals surface area contributed by atoms with Crippen LogP contribution in [0.15, 0.2) is 48.5 Å². The summed E-state index contributed by atoms with van der Waals surface area (Å²) in [6.07, 6.45) is 0. The smallest absolute Gasteiger partial charge is 0.269 e. The molecule has 7 heteroatoms. The molecule has 0 aromatic heterocycles. The Morgan fingerprint density at radius 3 is 2.26 bits per heavy atom. The molecule has 2 amide bonds. The summed E-state index contributed by atoms with van der Waals surface area (Å²) in [7, 11) is 0. The molecule has 0 spiro atoms. The first kappa shape index (κ1) is 16.9. The zero-order valence-electron chi connectivity index (χ0n) is 12.2. The zero-order valence-corrected chi connectivity index (χ0v) is 13.8. The Morgan fingerprint density at radius 2 is 1.61 bits per heavy atom. The third-order valence-corrected chi connectivity index (χ3v) is 3.32. The van der Waals surface area contributed by atoms with Crippen LogP contribution in [0.25, 0.3) is 0 Å². The van der Waals surface area contributed by atoms with Crippen molar-refractivity contribution in [1.82, 2.24) is 16.2 Å². The van der Waals surface area contributed by atoms with Crippen LogP contribution in [0, 0.1) is 6.92 Å². The van der Waals surface area contributed by atoms with E-state index in [2.05, 4.69) is 16.2 Å². The standard InChI is InChI=1S/C16H14ClN3O2S/c1-10-4-2-5-11(8-10)14(21)18-16(23)20-19-15(22)12-6-3-7-13(17)9-12/h2-9H,1H3,(H,19,22)(H2,18,20,21,23). The van der Waals surface area contributed by atoms with Crippen LogP contribution in [-0.2, 0) is 0 Å². The molecule has 0 bridgehead atoms. The third kappa shape index (κ3) is 5.05. The summed E-state index contributed by atoms with van der Waals surface area (Å²) in [5.74, 6) is -0.775. The summed E-state index contributed by atoms with van der Waals surface area (Å²) < 4.78 is 0. The SMILES string of the molecule is Cc1cccc(C(=O)NC(=S)NNC(=O)c2cccc(Cl)c2)c1. The van der Waals surface area contributed by atoms with Crippen molar-refractivity contribution in [3.63, 3.8) is 0 Å². The van der Waals surface area contributed by atoms with Gasteiger partial charge in [0.25, 0.3) is 11.8 Å². The molecule has 0 heterocycles. The number of benzene rings is 2. The van der Waals surface area contributed by atoms with E-state index in [1.807, 2.05) is 13.0 Å². The molecule has 0 saturated heterocycles. The molecule has 118 valence electrons. The first-order valence-corrected chi connectivity index (χ1v) is 7.48. The number of carbonyl (C=O) groups excluding carboxylic acids is 2. The number of rotatable bonds is 2. The molecule has 0 fully saturated rings. The van der Waals surface area contributed by atoms with Gasteiger partial charge in [0.15, 0.2) is 5.11 Å². The highest BCUT2D eigenvalue weighted by atomic mass is 35.5. The second-order valence-corrected chi connectivity index (χ2v) is 5.59. The van der Waals surface area contributed by atoms with Gasteiger partial charge >= 0.3 is 0 Å². The number of hydrazine groups is 1. The van der Waals surface area contributed by atoms with Crippen molar-refractivity contribution >= 4 is 40.7 Å². The van der Waals surface area contributed by atoms with Crippen molar-refractivity contribution in [3.05, 3.63) is 70.2 Å². The number of nitrogens with one attached hydrogen (secondary N) is 3. The summed E-state index contributed by atoms with van der Waals surface area (Å²) in [5.41, 5.74) is 6.68. The molecule has 0 radical (unpaired) electrons. The van der Waals surface area contributed by atoms with E-state index in [0.717, 1.165) is 5.56 Å². The summed E-state index contributed by atoms with van der Waals surface area (Å²) in [5, 5.41) is 2.93. The molecule has 0 saturated carbocycles. The van der Waals surface area contributed by atoms with Gasteiger partial charge in [0, 0.05) is 16.1 Å². The lowest BCUT2D eigenvalue weighted by molar-refractivity contribution is 0.0934. The normalized spacial score (nSPS) is 9.83. The van der Waals surface area contributed by atoms with Crippen LogP contribution >= 0.6 is 23.8 Å². The van der Waals surface area contributed by atoms with Gasteiger partial charge in [0.1, 0.15) is 0 Å². The number of hydrogen-bond donors (Lipinski definition) is 3. The Bertz CT molecular complexity index is 764. The second-order valence-electron chi connectivity index (χ2n) is 4.74. The maximum absolute atomic E-state index is 12.0. The molecule has 0 aliphatic rings. The lowest BCUT2D eigenvalue weighted by Crippen LogP contribution is -2.48. The van der Waals surface area contributed by atoms with E-state index >= 15 is 0 Å².